The minimum absolute atomic E-state index is 0.0807. The van der Waals surface area contributed by atoms with Crippen LogP contribution in [0, 0.1) is 0 Å². The van der Waals surface area contributed by atoms with Gasteiger partial charge in [0.2, 0.25) is 5.91 Å². The fourth-order valence-electron chi connectivity index (χ4n) is 4.05. The van der Waals surface area contributed by atoms with Crippen LogP contribution in [0.1, 0.15) is 12.5 Å². The van der Waals surface area contributed by atoms with Crippen molar-refractivity contribution in [1.82, 2.24) is 14.7 Å². The molecule has 4 rings (SSSR count). The van der Waals surface area contributed by atoms with E-state index >= 15 is 0 Å². The molecule has 2 aromatic carbocycles. The lowest BCUT2D eigenvalue weighted by Gasteiger charge is -2.38. The second-order valence-electron chi connectivity index (χ2n) is 8.20. The van der Waals surface area contributed by atoms with E-state index in [4.69, 9.17) is 9.47 Å². The molecule has 160 valence electrons. The Morgan fingerprint density at radius 3 is 2.43 bits per heavy atom. The third-order valence-electron chi connectivity index (χ3n) is 6.01. The monoisotopic (exact) mass is 409 g/mol. The molecule has 2 aliphatic heterocycles. The number of carbonyl (C=O) groups excluding carboxylic acids is 1. The van der Waals surface area contributed by atoms with Crippen molar-refractivity contribution in [2.75, 3.05) is 46.4 Å². The third kappa shape index (κ3) is 4.94. The minimum Gasteiger partial charge on any atom is -0.486 e. The van der Waals surface area contributed by atoms with Gasteiger partial charge in [0.15, 0.2) is 11.5 Å². The maximum absolute atomic E-state index is 13.0. The maximum Gasteiger partial charge on any atom is 0.239 e. The van der Waals surface area contributed by atoms with E-state index in [0.717, 1.165) is 44.2 Å². The molecule has 6 heteroatoms. The van der Waals surface area contributed by atoms with Gasteiger partial charge in [-0.1, -0.05) is 42.5 Å². The van der Waals surface area contributed by atoms with Crippen molar-refractivity contribution >= 4 is 5.91 Å². The third-order valence-corrected chi connectivity index (χ3v) is 6.01. The summed E-state index contributed by atoms with van der Waals surface area (Å²) in [6.07, 6.45) is -0.0807. The molecule has 0 spiro atoms. The summed E-state index contributed by atoms with van der Waals surface area (Å²) in [5.74, 6) is 1.75. The Morgan fingerprint density at radius 2 is 1.70 bits per heavy atom. The minimum atomic E-state index is -0.188. The van der Waals surface area contributed by atoms with Crippen molar-refractivity contribution in [3.63, 3.8) is 0 Å². The number of likely N-dealkylation sites (N-methyl/N-ethyl adjacent to an activating group) is 1. The molecule has 2 aliphatic rings. The first-order valence-electron chi connectivity index (χ1n) is 10.7. The van der Waals surface area contributed by atoms with Crippen molar-refractivity contribution < 1.29 is 14.3 Å². The largest absolute Gasteiger partial charge is 0.486 e. The van der Waals surface area contributed by atoms with Gasteiger partial charge in [-0.25, -0.2) is 0 Å². The van der Waals surface area contributed by atoms with Crippen LogP contribution in [0.2, 0.25) is 0 Å². The molecule has 0 aromatic heterocycles. The predicted octanol–water partition coefficient (Wildman–Crippen LogP) is 2.49. The molecule has 0 saturated carbocycles. The van der Waals surface area contributed by atoms with Gasteiger partial charge in [0.25, 0.3) is 0 Å². The normalized spacial score (nSPS) is 20.2. The van der Waals surface area contributed by atoms with Gasteiger partial charge in [-0.05, 0) is 31.7 Å². The van der Waals surface area contributed by atoms with Crippen molar-refractivity contribution in [1.29, 1.82) is 0 Å². The predicted molar refractivity (Wildman–Crippen MR) is 117 cm³/mol. The molecule has 1 saturated heterocycles. The molecule has 1 amide bonds. The van der Waals surface area contributed by atoms with Crippen LogP contribution < -0.4 is 9.47 Å². The average Bonchev–Trinajstić information content (AvgIpc) is 2.79. The van der Waals surface area contributed by atoms with Crippen LogP contribution in [0.25, 0.3) is 0 Å². The molecular weight excluding hydrogens is 378 g/mol. The molecule has 0 unspecified atom stereocenters. The number of rotatable bonds is 6. The van der Waals surface area contributed by atoms with E-state index in [1.807, 2.05) is 49.2 Å². The van der Waals surface area contributed by atoms with Crippen molar-refractivity contribution in [3.05, 3.63) is 60.2 Å². The Kier molecular flexibility index (Phi) is 6.55. The highest BCUT2D eigenvalue weighted by molar-refractivity contribution is 5.81. The Labute approximate surface area is 179 Å². The zero-order chi connectivity index (χ0) is 20.9. The van der Waals surface area contributed by atoms with Crippen molar-refractivity contribution in [2.24, 2.45) is 0 Å². The van der Waals surface area contributed by atoms with Gasteiger partial charge in [0, 0.05) is 39.3 Å². The van der Waals surface area contributed by atoms with Crippen molar-refractivity contribution in [3.8, 4) is 11.5 Å². The lowest BCUT2D eigenvalue weighted by atomic mass is 10.1. The lowest BCUT2D eigenvalue weighted by Crippen LogP contribution is -2.54. The molecule has 2 aromatic rings. The molecule has 0 aliphatic carbocycles. The summed E-state index contributed by atoms with van der Waals surface area (Å²) in [5.41, 5.74) is 1.32. The number of fused-ring (bicyclic) bond motifs is 1. The summed E-state index contributed by atoms with van der Waals surface area (Å²) in [6.45, 7) is 7.45. The molecule has 2 atom stereocenters. The van der Waals surface area contributed by atoms with E-state index in [1.165, 1.54) is 5.56 Å². The Balaban J connectivity index is 1.24. The number of hydrogen-bond donors (Lipinski definition) is 0. The molecular formula is C24H31N3O3. The molecule has 1 fully saturated rings. The molecule has 0 bridgehead atoms. The zero-order valence-corrected chi connectivity index (χ0v) is 17.9. The number of para-hydroxylation sites is 2. The standard InChI is InChI=1S/C24H31N3O3/c1-19(25(2)17-21-18-29-22-10-6-7-11-23(22)30-21)24(28)27-14-12-26(13-15-27)16-20-8-4-3-5-9-20/h3-11,19,21H,12-18H2,1-2H3/t19-,21-/m1/s1. The van der Waals surface area contributed by atoms with Gasteiger partial charge in [-0.15, -0.1) is 0 Å². The number of nitrogens with zero attached hydrogens (tertiary/aromatic N) is 3. The molecule has 2 heterocycles. The van der Waals surface area contributed by atoms with E-state index in [9.17, 15) is 4.79 Å². The summed E-state index contributed by atoms with van der Waals surface area (Å²) in [5, 5.41) is 0. The van der Waals surface area contributed by atoms with Gasteiger partial charge in [-0.3, -0.25) is 14.6 Å². The van der Waals surface area contributed by atoms with Crippen LogP contribution in [-0.4, -0.2) is 79.1 Å². The van der Waals surface area contributed by atoms with Crippen molar-refractivity contribution in [2.45, 2.75) is 25.6 Å². The van der Waals surface area contributed by atoms with Crippen LogP contribution >= 0.6 is 0 Å². The SMILES string of the molecule is C[C@H](C(=O)N1CCN(Cc2ccccc2)CC1)N(C)C[C@@H]1COc2ccccc2O1. The number of hydrogen-bond acceptors (Lipinski definition) is 5. The van der Waals surface area contributed by atoms with E-state index in [2.05, 4.69) is 34.1 Å². The highest BCUT2D eigenvalue weighted by Crippen LogP contribution is 2.31. The Bertz CT molecular complexity index is 837. The van der Waals surface area contributed by atoms with Crippen LogP contribution in [0.15, 0.2) is 54.6 Å². The molecule has 0 N–H and O–H groups in total. The second-order valence-corrected chi connectivity index (χ2v) is 8.20. The molecule has 6 nitrogen and oxygen atoms in total. The fraction of sp³-hybridized carbons (Fsp3) is 0.458. The summed E-state index contributed by atoms with van der Waals surface area (Å²) in [7, 11) is 1.98. The first-order chi connectivity index (χ1) is 14.6. The van der Waals surface area contributed by atoms with Crippen LogP contribution in [-0.2, 0) is 11.3 Å². The number of carbonyl (C=O) groups is 1. The molecule has 30 heavy (non-hydrogen) atoms. The quantitative estimate of drug-likeness (QED) is 0.734. The number of piperazine rings is 1. The lowest BCUT2D eigenvalue weighted by molar-refractivity contribution is -0.138. The van der Waals surface area contributed by atoms with E-state index in [-0.39, 0.29) is 18.1 Å². The maximum atomic E-state index is 13.0. The topological polar surface area (TPSA) is 45.3 Å². The number of benzene rings is 2. The highest BCUT2D eigenvalue weighted by Gasteiger charge is 2.30. The van der Waals surface area contributed by atoms with E-state index in [0.29, 0.717) is 13.2 Å². The van der Waals surface area contributed by atoms with Gasteiger partial charge < -0.3 is 14.4 Å². The van der Waals surface area contributed by atoms with Gasteiger partial charge in [0.05, 0.1) is 6.04 Å². The van der Waals surface area contributed by atoms with Gasteiger partial charge >= 0.3 is 0 Å². The summed E-state index contributed by atoms with van der Waals surface area (Å²) in [4.78, 5) is 19.5. The highest BCUT2D eigenvalue weighted by atomic mass is 16.6. The molecule has 0 radical (unpaired) electrons. The van der Waals surface area contributed by atoms with Crippen LogP contribution in [0.3, 0.4) is 0 Å². The average molecular weight is 410 g/mol. The first-order valence-corrected chi connectivity index (χ1v) is 10.7. The summed E-state index contributed by atoms with van der Waals surface area (Å²) in [6, 6.07) is 18.0. The van der Waals surface area contributed by atoms with Gasteiger partial charge in [0.1, 0.15) is 12.7 Å². The Morgan fingerprint density at radius 1 is 1.03 bits per heavy atom. The fourth-order valence-corrected chi connectivity index (χ4v) is 4.05. The van der Waals surface area contributed by atoms with Crippen LogP contribution in [0.5, 0.6) is 11.5 Å². The smallest absolute Gasteiger partial charge is 0.239 e. The summed E-state index contributed by atoms with van der Waals surface area (Å²) < 4.78 is 11.9. The first kappa shape index (κ1) is 20.7. The van der Waals surface area contributed by atoms with E-state index < -0.39 is 0 Å². The van der Waals surface area contributed by atoms with Gasteiger partial charge in [-0.2, -0.15) is 0 Å². The number of ether oxygens (including phenoxy) is 2. The zero-order valence-electron chi connectivity index (χ0n) is 17.9. The second kappa shape index (κ2) is 9.49. The van der Waals surface area contributed by atoms with E-state index in [1.54, 1.807) is 0 Å². The summed E-state index contributed by atoms with van der Waals surface area (Å²) >= 11 is 0. The Hall–Kier alpha value is -2.57. The number of amides is 1. The van der Waals surface area contributed by atoms with Crippen LogP contribution in [0.4, 0.5) is 0 Å².